The largest absolute Gasteiger partial charge is 0.494 e. The number of carbonyl (C=O) groups excluding carboxylic acids is 2. The molecule has 206 valence electrons. The highest BCUT2D eigenvalue weighted by atomic mass is 16.7. The van der Waals surface area contributed by atoms with Gasteiger partial charge in [0, 0.05) is 19.5 Å². The molecule has 2 saturated heterocycles. The maximum absolute atomic E-state index is 12.8. The summed E-state index contributed by atoms with van der Waals surface area (Å²) in [6, 6.07) is 6.52. The predicted molar refractivity (Wildman–Crippen MR) is 142 cm³/mol. The molecular formula is C27H43BN2O7. The molecule has 0 aliphatic carbocycles. The second-order valence-corrected chi connectivity index (χ2v) is 13.0. The first-order valence-electron chi connectivity index (χ1n) is 12.9. The molecule has 2 heterocycles. The molecule has 37 heavy (non-hydrogen) atoms. The summed E-state index contributed by atoms with van der Waals surface area (Å²) in [6.45, 7) is 19.0. The monoisotopic (exact) mass is 518 g/mol. The van der Waals surface area contributed by atoms with Crippen molar-refractivity contribution in [1.29, 1.82) is 0 Å². The minimum absolute atomic E-state index is 0.0592. The Bertz CT molecular complexity index is 981. The van der Waals surface area contributed by atoms with Crippen molar-refractivity contribution in [2.45, 2.75) is 110 Å². The van der Waals surface area contributed by atoms with Gasteiger partial charge in [-0.25, -0.2) is 9.59 Å². The average molecular weight is 518 g/mol. The van der Waals surface area contributed by atoms with E-state index in [-0.39, 0.29) is 19.5 Å². The highest BCUT2D eigenvalue weighted by molar-refractivity contribution is 6.62. The van der Waals surface area contributed by atoms with Crippen molar-refractivity contribution in [2.75, 3.05) is 13.1 Å². The molecule has 2 N–H and O–H groups in total. The maximum Gasteiger partial charge on any atom is 0.494 e. The smallest absolute Gasteiger partial charge is 0.444 e. The summed E-state index contributed by atoms with van der Waals surface area (Å²) in [6.07, 6.45) is -0.972. The SMILES string of the molecule is CC(C)(C)OC(=O)NC1CN(C(=O)OC(C)(C)C)CCC1(O)c1ccc(B2OC(C)(C)C(C)(C)O2)cc1. The number of nitrogens with one attached hydrogen (secondary N) is 1. The second kappa shape index (κ2) is 9.78. The molecule has 1 aromatic rings. The molecule has 3 rings (SSSR count). The number of aliphatic hydroxyl groups is 1. The number of carbonyl (C=O) groups is 2. The predicted octanol–water partition coefficient (Wildman–Crippen LogP) is 3.71. The molecule has 2 aliphatic heterocycles. The Hall–Kier alpha value is -2.30. The van der Waals surface area contributed by atoms with Crippen LogP contribution in [0, 0.1) is 0 Å². The Kier molecular flexibility index (Phi) is 7.74. The van der Waals surface area contributed by atoms with Crippen LogP contribution in [-0.4, -0.2) is 70.8 Å². The van der Waals surface area contributed by atoms with Gasteiger partial charge >= 0.3 is 19.3 Å². The van der Waals surface area contributed by atoms with Crippen LogP contribution < -0.4 is 10.8 Å². The zero-order valence-corrected chi connectivity index (χ0v) is 23.9. The molecule has 2 atom stereocenters. The van der Waals surface area contributed by atoms with E-state index >= 15 is 0 Å². The number of likely N-dealkylation sites (tertiary alicyclic amines) is 1. The van der Waals surface area contributed by atoms with Gasteiger partial charge in [-0.15, -0.1) is 0 Å². The van der Waals surface area contributed by atoms with E-state index in [0.717, 1.165) is 5.46 Å². The number of benzene rings is 1. The van der Waals surface area contributed by atoms with E-state index in [2.05, 4.69) is 5.32 Å². The average Bonchev–Trinajstić information content (AvgIpc) is 2.94. The Morgan fingerprint density at radius 2 is 1.49 bits per heavy atom. The van der Waals surface area contributed by atoms with Crippen LogP contribution >= 0.6 is 0 Å². The number of nitrogens with zero attached hydrogens (tertiary/aromatic N) is 1. The molecule has 2 fully saturated rings. The van der Waals surface area contributed by atoms with E-state index in [1.165, 1.54) is 4.90 Å². The zero-order valence-electron chi connectivity index (χ0n) is 23.9. The quantitative estimate of drug-likeness (QED) is 0.588. The lowest BCUT2D eigenvalue weighted by Crippen LogP contribution is -2.62. The first-order chi connectivity index (χ1) is 16.7. The third-order valence-electron chi connectivity index (χ3n) is 7.02. The third kappa shape index (κ3) is 6.78. The summed E-state index contributed by atoms with van der Waals surface area (Å²) in [5, 5.41) is 14.7. The van der Waals surface area contributed by atoms with Crippen molar-refractivity contribution in [2.24, 2.45) is 0 Å². The van der Waals surface area contributed by atoms with Crippen molar-refractivity contribution in [1.82, 2.24) is 10.2 Å². The van der Waals surface area contributed by atoms with Gasteiger partial charge in [0.25, 0.3) is 0 Å². The van der Waals surface area contributed by atoms with Gasteiger partial charge in [0.05, 0.1) is 17.2 Å². The summed E-state index contributed by atoms with van der Waals surface area (Å²) in [7, 11) is -0.529. The Balaban J connectivity index is 1.85. The topological polar surface area (TPSA) is 107 Å². The van der Waals surface area contributed by atoms with Crippen LogP contribution in [0.5, 0.6) is 0 Å². The summed E-state index contributed by atoms with van der Waals surface area (Å²) >= 11 is 0. The standard InChI is InChI=1S/C27H43BN2O7/c1-23(2,3)34-21(31)29-20-17-30(22(32)35-24(4,5)6)16-15-27(20,33)18-11-13-19(14-12-18)28-36-25(7,8)26(9,10)37-28/h11-14,20,33H,15-17H2,1-10H3,(H,29,31). The van der Waals surface area contributed by atoms with Crippen molar-refractivity contribution in [3.8, 4) is 0 Å². The fraction of sp³-hybridized carbons (Fsp3) is 0.704. The van der Waals surface area contributed by atoms with Gasteiger partial charge in [0.2, 0.25) is 0 Å². The van der Waals surface area contributed by atoms with Crippen LogP contribution in [0.4, 0.5) is 9.59 Å². The Morgan fingerprint density at radius 1 is 0.973 bits per heavy atom. The summed E-state index contributed by atoms with van der Waals surface area (Å²) < 4.78 is 23.3. The van der Waals surface area contributed by atoms with E-state index < -0.39 is 53.4 Å². The molecule has 10 heteroatoms. The summed E-state index contributed by atoms with van der Waals surface area (Å²) in [4.78, 5) is 27.0. The zero-order chi connectivity index (χ0) is 28.0. The lowest BCUT2D eigenvalue weighted by atomic mass is 9.75. The molecule has 1 aromatic carbocycles. The number of alkyl carbamates (subject to hydrolysis) is 1. The van der Waals surface area contributed by atoms with Crippen LogP contribution in [0.25, 0.3) is 0 Å². The maximum atomic E-state index is 12.8. The highest BCUT2D eigenvalue weighted by Gasteiger charge is 2.52. The van der Waals surface area contributed by atoms with Crippen LogP contribution in [0.15, 0.2) is 24.3 Å². The van der Waals surface area contributed by atoms with Gasteiger partial charge in [0.1, 0.15) is 16.8 Å². The van der Waals surface area contributed by atoms with Crippen molar-refractivity contribution < 1.29 is 33.5 Å². The lowest BCUT2D eigenvalue weighted by molar-refractivity contribution is -0.0621. The summed E-state index contributed by atoms with van der Waals surface area (Å²) in [5.41, 5.74) is -2.32. The molecule has 0 saturated carbocycles. The van der Waals surface area contributed by atoms with Crippen LogP contribution in [-0.2, 0) is 24.4 Å². The van der Waals surface area contributed by atoms with E-state index in [9.17, 15) is 14.7 Å². The van der Waals surface area contributed by atoms with Crippen molar-refractivity contribution >= 4 is 24.8 Å². The van der Waals surface area contributed by atoms with Gasteiger partial charge < -0.3 is 34.1 Å². The van der Waals surface area contributed by atoms with E-state index in [1.807, 2.05) is 52.0 Å². The molecule has 9 nitrogen and oxygen atoms in total. The minimum atomic E-state index is -1.44. The number of piperidine rings is 1. The molecule has 2 amide bonds. The molecule has 0 bridgehead atoms. The van der Waals surface area contributed by atoms with Gasteiger partial charge in [-0.2, -0.15) is 0 Å². The third-order valence-corrected chi connectivity index (χ3v) is 7.02. The van der Waals surface area contributed by atoms with Gasteiger partial charge in [-0.05, 0) is 80.3 Å². The minimum Gasteiger partial charge on any atom is -0.444 e. The normalized spacial score (nSPS) is 25.5. The lowest BCUT2D eigenvalue weighted by Gasteiger charge is -2.45. The molecule has 0 radical (unpaired) electrons. The number of rotatable bonds is 3. The second-order valence-electron chi connectivity index (χ2n) is 13.0. The Labute approximate surface area is 221 Å². The number of hydrogen-bond donors (Lipinski definition) is 2. The molecule has 0 spiro atoms. The van der Waals surface area contributed by atoms with Gasteiger partial charge in [-0.3, -0.25) is 0 Å². The van der Waals surface area contributed by atoms with E-state index in [1.54, 1.807) is 41.5 Å². The fourth-order valence-corrected chi connectivity index (χ4v) is 4.30. The number of amides is 2. The van der Waals surface area contributed by atoms with Gasteiger partial charge in [0.15, 0.2) is 0 Å². The first-order valence-corrected chi connectivity index (χ1v) is 12.9. The molecular weight excluding hydrogens is 475 g/mol. The van der Waals surface area contributed by atoms with E-state index in [4.69, 9.17) is 18.8 Å². The van der Waals surface area contributed by atoms with Gasteiger partial charge in [-0.1, -0.05) is 24.3 Å². The summed E-state index contributed by atoms with van der Waals surface area (Å²) in [5.74, 6) is 0. The number of hydrogen-bond acceptors (Lipinski definition) is 7. The van der Waals surface area contributed by atoms with Crippen LogP contribution in [0.3, 0.4) is 0 Å². The highest BCUT2D eigenvalue weighted by Crippen LogP contribution is 2.37. The molecule has 0 aromatic heterocycles. The molecule has 2 unspecified atom stereocenters. The van der Waals surface area contributed by atoms with Crippen LogP contribution in [0.1, 0.15) is 81.2 Å². The first kappa shape index (κ1) is 29.3. The van der Waals surface area contributed by atoms with Crippen LogP contribution in [0.2, 0.25) is 0 Å². The van der Waals surface area contributed by atoms with E-state index in [0.29, 0.717) is 5.56 Å². The fourth-order valence-electron chi connectivity index (χ4n) is 4.30. The Morgan fingerprint density at radius 3 is 1.97 bits per heavy atom. The number of ether oxygens (including phenoxy) is 2. The van der Waals surface area contributed by atoms with Crippen molar-refractivity contribution in [3.63, 3.8) is 0 Å². The van der Waals surface area contributed by atoms with Crippen molar-refractivity contribution in [3.05, 3.63) is 29.8 Å². The molecule has 2 aliphatic rings.